The van der Waals surface area contributed by atoms with Gasteiger partial charge in [0.25, 0.3) is 0 Å². The van der Waals surface area contributed by atoms with Crippen LogP contribution in [-0.4, -0.2) is 15.9 Å². The number of hydrogen-bond donors (Lipinski definition) is 0. The minimum absolute atomic E-state index is 0.388. The molecule has 5 heteroatoms. The molecule has 5 nitrogen and oxygen atoms in total. The second kappa shape index (κ2) is 9.32. The van der Waals surface area contributed by atoms with E-state index in [1.165, 1.54) is 0 Å². The molecule has 5 aromatic rings. The summed E-state index contributed by atoms with van der Waals surface area (Å²) >= 11 is 0. The van der Waals surface area contributed by atoms with Crippen molar-refractivity contribution >= 4 is 17.0 Å². The first kappa shape index (κ1) is 20.4. The summed E-state index contributed by atoms with van der Waals surface area (Å²) in [6, 6.07) is 31.8. The van der Waals surface area contributed by atoms with Gasteiger partial charge in [0, 0.05) is 5.56 Å². The highest BCUT2D eigenvalue weighted by Crippen LogP contribution is 2.23. The highest BCUT2D eigenvalue weighted by Gasteiger charge is 2.09. The molecule has 0 aliphatic carbocycles. The molecule has 33 heavy (non-hydrogen) atoms. The van der Waals surface area contributed by atoms with E-state index >= 15 is 0 Å². The van der Waals surface area contributed by atoms with E-state index in [4.69, 9.17) is 9.47 Å². The van der Waals surface area contributed by atoms with Gasteiger partial charge < -0.3 is 9.47 Å². The number of para-hydroxylation sites is 3. The molecule has 0 aliphatic rings. The number of aromatic nitrogens is 2. The number of esters is 1. The summed E-state index contributed by atoms with van der Waals surface area (Å²) < 4.78 is 11.3. The van der Waals surface area contributed by atoms with Gasteiger partial charge in [-0.15, -0.1) is 0 Å². The van der Waals surface area contributed by atoms with Crippen molar-refractivity contribution < 1.29 is 14.3 Å². The van der Waals surface area contributed by atoms with E-state index in [-0.39, 0.29) is 5.97 Å². The first-order chi connectivity index (χ1) is 16.2. The van der Waals surface area contributed by atoms with Gasteiger partial charge in [-0.25, -0.2) is 9.78 Å². The molecular formula is C28H20N2O3. The first-order valence-electron chi connectivity index (χ1n) is 10.6. The molecular weight excluding hydrogens is 412 g/mol. The Morgan fingerprint density at radius 2 is 1.39 bits per heavy atom. The molecule has 0 amide bonds. The zero-order valence-electron chi connectivity index (χ0n) is 17.7. The zero-order chi connectivity index (χ0) is 22.5. The smallest absolute Gasteiger partial charge is 0.343 e. The molecule has 0 unspecified atom stereocenters. The molecule has 5 rings (SSSR count). The maximum absolute atomic E-state index is 12.3. The van der Waals surface area contributed by atoms with Crippen LogP contribution in [-0.2, 0) is 6.61 Å². The maximum Gasteiger partial charge on any atom is 0.343 e. The molecule has 1 heterocycles. The average molecular weight is 432 g/mol. The second-order valence-electron chi connectivity index (χ2n) is 7.46. The number of carbonyl (C=O) groups excluding carboxylic acids is 1. The van der Waals surface area contributed by atoms with Crippen molar-refractivity contribution in [3.63, 3.8) is 0 Å². The van der Waals surface area contributed by atoms with Crippen LogP contribution < -0.4 is 9.47 Å². The van der Waals surface area contributed by atoms with Gasteiger partial charge in [-0.2, -0.15) is 0 Å². The highest BCUT2D eigenvalue weighted by molar-refractivity contribution is 5.91. The number of rotatable bonds is 6. The molecule has 0 saturated carbocycles. The van der Waals surface area contributed by atoms with E-state index in [9.17, 15) is 4.79 Å². The summed E-state index contributed by atoms with van der Waals surface area (Å²) in [5.41, 5.74) is 4.98. The third-order valence-electron chi connectivity index (χ3n) is 5.15. The van der Waals surface area contributed by atoms with E-state index in [1.807, 2.05) is 78.9 Å². The SMILES string of the molecule is O=C(Oc1ccccc1)c1ccc(COc2ccc(-c3cnc4ccccc4n3)cc2)cc1. The van der Waals surface area contributed by atoms with Crippen LogP contribution in [0.5, 0.6) is 11.5 Å². The Hall–Kier alpha value is -4.51. The van der Waals surface area contributed by atoms with Crippen molar-refractivity contribution in [3.05, 3.63) is 120 Å². The van der Waals surface area contributed by atoms with Gasteiger partial charge in [-0.1, -0.05) is 42.5 Å². The van der Waals surface area contributed by atoms with Crippen LogP contribution in [0.4, 0.5) is 0 Å². The van der Waals surface area contributed by atoms with E-state index in [0.29, 0.717) is 17.9 Å². The van der Waals surface area contributed by atoms with Crippen molar-refractivity contribution in [2.24, 2.45) is 0 Å². The number of ether oxygens (including phenoxy) is 2. The molecule has 0 radical (unpaired) electrons. The topological polar surface area (TPSA) is 61.3 Å². The van der Waals surface area contributed by atoms with Crippen LogP contribution in [0, 0.1) is 0 Å². The highest BCUT2D eigenvalue weighted by atomic mass is 16.5. The van der Waals surface area contributed by atoms with Crippen molar-refractivity contribution in [3.8, 4) is 22.8 Å². The van der Waals surface area contributed by atoms with Gasteiger partial charge in [-0.3, -0.25) is 4.98 Å². The monoisotopic (exact) mass is 432 g/mol. The molecule has 0 fully saturated rings. The Balaban J connectivity index is 1.20. The van der Waals surface area contributed by atoms with Crippen LogP contribution in [0.15, 0.2) is 109 Å². The normalized spacial score (nSPS) is 10.7. The molecule has 0 saturated heterocycles. The second-order valence-corrected chi connectivity index (χ2v) is 7.46. The molecule has 160 valence electrons. The predicted molar refractivity (Wildman–Crippen MR) is 127 cm³/mol. The van der Waals surface area contributed by atoms with Crippen LogP contribution in [0.2, 0.25) is 0 Å². The number of fused-ring (bicyclic) bond motifs is 1. The lowest BCUT2D eigenvalue weighted by molar-refractivity contribution is 0.0734. The third-order valence-corrected chi connectivity index (χ3v) is 5.15. The molecule has 0 aliphatic heterocycles. The van der Waals surface area contributed by atoms with Crippen molar-refractivity contribution in [2.75, 3.05) is 0 Å². The average Bonchev–Trinajstić information content (AvgIpc) is 2.88. The van der Waals surface area contributed by atoms with E-state index < -0.39 is 0 Å². The summed E-state index contributed by atoms with van der Waals surface area (Å²) in [6.07, 6.45) is 1.78. The number of hydrogen-bond acceptors (Lipinski definition) is 5. The van der Waals surface area contributed by atoms with Gasteiger partial charge in [-0.05, 0) is 66.2 Å². The quantitative estimate of drug-likeness (QED) is 0.240. The Kier molecular flexibility index (Phi) is 5.76. The molecule has 1 aromatic heterocycles. The van der Waals surface area contributed by atoms with Crippen LogP contribution in [0.3, 0.4) is 0 Å². The van der Waals surface area contributed by atoms with Crippen LogP contribution in [0.25, 0.3) is 22.3 Å². The number of benzene rings is 4. The fourth-order valence-corrected chi connectivity index (χ4v) is 3.38. The van der Waals surface area contributed by atoms with Crippen LogP contribution in [0.1, 0.15) is 15.9 Å². The molecule has 0 atom stereocenters. The fourth-order valence-electron chi connectivity index (χ4n) is 3.38. The lowest BCUT2D eigenvalue weighted by Gasteiger charge is -2.09. The van der Waals surface area contributed by atoms with Crippen molar-refractivity contribution in [1.29, 1.82) is 0 Å². The summed E-state index contributed by atoms with van der Waals surface area (Å²) in [4.78, 5) is 21.4. The van der Waals surface area contributed by atoms with Gasteiger partial charge in [0.15, 0.2) is 0 Å². The largest absolute Gasteiger partial charge is 0.489 e. The van der Waals surface area contributed by atoms with Gasteiger partial charge >= 0.3 is 5.97 Å². The Labute approximate surface area is 191 Å². The Morgan fingerprint density at radius 1 is 0.697 bits per heavy atom. The zero-order valence-corrected chi connectivity index (χ0v) is 17.7. The minimum Gasteiger partial charge on any atom is -0.489 e. The first-order valence-corrected chi connectivity index (χ1v) is 10.6. The van der Waals surface area contributed by atoms with Crippen molar-refractivity contribution in [1.82, 2.24) is 9.97 Å². The van der Waals surface area contributed by atoms with E-state index in [2.05, 4.69) is 9.97 Å². The Bertz CT molecular complexity index is 1380. The summed E-state index contributed by atoms with van der Waals surface area (Å²) in [7, 11) is 0. The molecule has 0 N–H and O–H groups in total. The molecule has 4 aromatic carbocycles. The third kappa shape index (κ3) is 4.88. The summed E-state index contributed by atoms with van der Waals surface area (Å²) in [6.45, 7) is 0.392. The standard InChI is InChI=1S/C28H20N2O3/c31-28(33-24-6-2-1-3-7-24)22-12-10-20(11-13-22)19-32-23-16-14-21(15-17-23)27-18-29-25-8-4-5-9-26(25)30-27/h1-18H,19H2. The number of carbonyl (C=O) groups is 1. The van der Waals surface area contributed by atoms with Gasteiger partial charge in [0.05, 0.1) is 28.5 Å². The minimum atomic E-state index is -0.388. The molecule has 0 bridgehead atoms. The van der Waals surface area contributed by atoms with Gasteiger partial charge in [0.2, 0.25) is 0 Å². The van der Waals surface area contributed by atoms with E-state index in [0.717, 1.165) is 33.6 Å². The summed E-state index contributed by atoms with van der Waals surface area (Å²) in [5, 5.41) is 0. The lowest BCUT2D eigenvalue weighted by atomic mass is 10.1. The number of nitrogens with zero attached hydrogens (tertiary/aromatic N) is 2. The lowest BCUT2D eigenvalue weighted by Crippen LogP contribution is -2.08. The fraction of sp³-hybridized carbons (Fsp3) is 0.0357. The Morgan fingerprint density at radius 3 is 2.15 bits per heavy atom. The van der Waals surface area contributed by atoms with Crippen molar-refractivity contribution in [2.45, 2.75) is 6.61 Å². The molecule has 0 spiro atoms. The maximum atomic E-state index is 12.3. The van der Waals surface area contributed by atoms with Crippen LogP contribution >= 0.6 is 0 Å². The summed E-state index contributed by atoms with van der Waals surface area (Å²) in [5.74, 6) is 0.883. The van der Waals surface area contributed by atoms with E-state index in [1.54, 1.807) is 30.5 Å². The van der Waals surface area contributed by atoms with Gasteiger partial charge in [0.1, 0.15) is 18.1 Å². The predicted octanol–water partition coefficient (Wildman–Crippen LogP) is 6.10.